The van der Waals surface area contributed by atoms with E-state index in [1.54, 1.807) is 13.1 Å². The smallest absolute Gasteiger partial charge is 0.259 e. The quantitative estimate of drug-likeness (QED) is 0.728. The molecule has 2 aromatic rings. The molecule has 0 aromatic heterocycles. The van der Waals surface area contributed by atoms with E-state index in [9.17, 15) is 9.59 Å². The topological polar surface area (TPSA) is 58.2 Å². The highest BCUT2D eigenvalue weighted by atomic mass is 16.2. The molecule has 4 nitrogen and oxygen atoms in total. The van der Waals surface area contributed by atoms with Crippen LogP contribution >= 0.6 is 0 Å². The van der Waals surface area contributed by atoms with Crippen LogP contribution in [0.2, 0.25) is 0 Å². The van der Waals surface area contributed by atoms with Gasteiger partial charge < -0.3 is 5.32 Å². The Morgan fingerprint density at radius 2 is 1.76 bits per heavy atom. The lowest BCUT2D eigenvalue weighted by Gasteiger charge is -2.08. The number of fused-ring (bicyclic) bond motifs is 3. The molecule has 2 N–H and O–H groups in total. The zero-order valence-corrected chi connectivity index (χ0v) is 9.20. The van der Waals surface area contributed by atoms with Crippen LogP contribution in [0.25, 0.3) is 10.8 Å². The van der Waals surface area contributed by atoms with Crippen LogP contribution in [0.4, 0.5) is 5.69 Å². The summed E-state index contributed by atoms with van der Waals surface area (Å²) in [6, 6.07) is 9.27. The maximum absolute atomic E-state index is 11.7. The van der Waals surface area contributed by atoms with Crippen LogP contribution in [-0.4, -0.2) is 18.9 Å². The van der Waals surface area contributed by atoms with Gasteiger partial charge in [0.05, 0.1) is 11.1 Å². The molecule has 0 atom stereocenters. The predicted molar refractivity (Wildman–Crippen MR) is 65.3 cm³/mol. The van der Waals surface area contributed by atoms with E-state index in [2.05, 4.69) is 10.6 Å². The van der Waals surface area contributed by atoms with Crippen molar-refractivity contribution in [3.8, 4) is 0 Å². The van der Waals surface area contributed by atoms with E-state index in [-0.39, 0.29) is 11.8 Å². The second-order valence-electron chi connectivity index (χ2n) is 3.93. The Hall–Kier alpha value is -2.36. The fraction of sp³-hybridized carbons (Fsp3) is 0.0769. The van der Waals surface area contributed by atoms with Crippen molar-refractivity contribution in [2.24, 2.45) is 0 Å². The molecule has 3 rings (SSSR count). The summed E-state index contributed by atoms with van der Waals surface area (Å²) in [6.07, 6.45) is 0. The standard InChI is InChI=1S/C13H10N2O2/c1-14-10-6-9-11(13(17)15-12(9)16)8-5-3-2-4-7(8)10/h2-6,14H,1H3,(H,15,16,17). The lowest BCUT2D eigenvalue weighted by Crippen LogP contribution is -2.19. The molecule has 1 aliphatic heterocycles. The molecule has 0 radical (unpaired) electrons. The average Bonchev–Trinajstić information content (AvgIpc) is 2.64. The van der Waals surface area contributed by atoms with Crippen LogP contribution in [0.15, 0.2) is 30.3 Å². The SMILES string of the molecule is CNc1cc2c(c3ccccc13)C(=O)NC2=O. The number of carbonyl (C=O) groups is 2. The lowest BCUT2D eigenvalue weighted by atomic mass is 9.98. The zero-order valence-electron chi connectivity index (χ0n) is 9.20. The second kappa shape index (κ2) is 3.31. The lowest BCUT2D eigenvalue weighted by molar-refractivity contribution is 0.0880. The van der Waals surface area contributed by atoms with Gasteiger partial charge in [-0.25, -0.2) is 0 Å². The number of nitrogens with one attached hydrogen (secondary N) is 2. The fourth-order valence-electron chi connectivity index (χ4n) is 2.24. The molecular formula is C13H10N2O2. The molecule has 1 heterocycles. The number of imide groups is 1. The van der Waals surface area contributed by atoms with E-state index >= 15 is 0 Å². The minimum absolute atomic E-state index is 0.316. The molecule has 4 heteroatoms. The Morgan fingerprint density at radius 1 is 1.06 bits per heavy atom. The van der Waals surface area contributed by atoms with Gasteiger partial charge in [0.15, 0.2) is 0 Å². The molecule has 0 saturated carbocycles. The van der Waals surface area contributed by atoms with Gasteiger partial charge in [0.25, 0.3) is 11.8 Å². The summed E-state index contributed by atoms with van der Waals surface area (Å²) in [5.74, 6) is -0.642. The van der Waals surface area contributed by atoms with E-state index in [0.717, 1.165) is 16.5 Å². The number of anilines is 1. The van der Waals surface area contributed by atoms with Crippen LogP contribution in [0.1, 0.15) is 20.7 Å². The minimum atomic E-state index is -0.327. The van der Waals surface area contributed by atoms with Crippen molar-refractivity contribution >= 4 is 28.3 Å². The highest BCUT2D eigenvalue weighted by molar-refractivity contribution is 6.28. The van der Waals surface area contributed by atoms with Gasteiger partial charge in [-0.15, -0.1) is 0 Å². The van der Waals surface area contributed by atoms with E-state index in [1.165, 1.54) is 0 Å². The van der Waals surface area contributed by atoms with Crippen molar-refractivity contribution in [1.82, 2.24) is 5.32 Å². The summed E-state index contributed by atoms with van der Waals surface area (Å²) < 4.78 is 0. The van der Waals surface area contributed by atoms with Gasteiger partial charge in [0.1, 0.15) is 0 Å². The molecule has 0 bridgehead atoms. The third-order valence-electron chi connectivity index (χ3n) is 3.01. The molecule has 0 spiro atoms. The maximum atomic E-state index is 11.7. The molecule has 0 saturated heterocycles. The van der Waals surface area contributed by atoms with Crippen molar-refractivity contribution in [3.05, 3.63) is 41.5 Å². The number of hydrogen-bond acceptors (Lipinski definition) is 3. The van der Waals surface area contributed by atoms with E-state index in [0.29, 0.717) is 11.1 Å². The third-order valence-corrected chi connectivity index (χ3v) is 3.01. The zero-order chi connectivity index (χ0) is 12.0. The Bertz CT molecular complexity index is 662. The van der Waals surface area contributed by atoms with E-state index in [4.69, 9.17) is 0 Å². The number of benzene rings is 2. The summed E-state index contributed by atoms with van der Waals surface area (Å²) in [5, 5.41) is 7.11. The Balaban J connectivity index is 2.49. The molecule has 84 valence electrons. The third kappa shape index (κ3) is 1.24. The van der Waals surface area contributed by atoms with Crippen molar-refractivity contribution in [2.45, 2.75) is 0 Å². The molecule has 0 aliphatic carbocycles. The van der Waals surface area contributed by atoms with Gasteiger partial charge in [-0.2, -0.15) is 0 Å². The van der Waals surface area contributed by atoms with Gasteiger partial charge in [0.2, 0.25) is 0 Å². The maximum Gasteiger partial charge on any atom is 0.259 e. The summed E-state index contributed by atoms with van der Waals surface area (Å²) in [4.78, 5) is 23.4. The Morgan fingerprint density at radius 3 is 2.47 bits per heavy atom. The van der Waals surface area contributed by atoms with Crippen LogP contribution in [0.3, 0.4) is 0 Å². The van der Waals surface area contributed by atoms with Gasteiger partial charge in [-0.05, 0) is 11.5 Å². The summed E-state index contributed by atoms with van der Waals surface area (Å²) in [7, 11) is 1.79. The summed E-state index contributed by atoms with van der Waals surface area (Å²) in [6.45, 7) is 0. The van der Waals surface area contributed by atoms with Crippen LogP contribution in [0, 0.1) is 0 Å². The van der Waals surface area contributed by atoms with Gasteiger partial charge in [-0.3, -0.25) is 14.9 Å². The molecular weight excluding hydrogens is 216 g/mol. The van der Waals surface area contributed by atoms with Crippen LogP contribution in [-0.2, 0) is 0 Å². The largest absolute Gasteiger partial charge is 0.388 e. The minimum Gasteiger partial charge on any atom is -0.388 e. The highest BCUT2D eigenvalue weighted by Gasteiger charge is 2.29. The van der Waals surface area contributed by atoms with Crippen molar-refractivity contribution in [2.75, 3.05) is 12.4 Å². The molecule has 2 aromatic carbocycles. The Kier molecular flexibility index (Phi) is 1.92. The fourth-order valence-corrected chi connectivity index (χ4v) is 2.24. The highest BCUT2D eigenvalue weighted by Crippen LogP contribution is 2.31. The molecule has 17 heavy (non-hydrogen) atoms. The first-order chi connectivity index (χ1) is 8.22. The predicted octanol–water partition coefficient (Wildman–Crippen LogP) is 1.77. The molecule has 0 unspecified atom stereocenters. The average molecular weight is 226 g/mol. The molecule has 0 fully saturated rings. The van der Waals surface area contributed by atoms with Gasteiger partial charge >= 0.3 is 0 Å². The first-order valence-electron chi connectivity index (χ1n) is 5.31. The van der Waals surface area contributed by atoms with Crippen LogP contribution < -0.4 is 10.6 Å². The number of amides is 2. The second-order valence-corrected chi connectivity index (χ2v) is 3.93. The first kappa shape index (κ1) is 9.84. The number of hydrogen-bond donors (Lipinski definition) is 2. The number of carbonyl (C=O) groups excluding carboxylic acids is 2. The van der Waals surface area contributed by atoms with Crippen molar-refractivity contribution in [3.63, 3.8) is 0 Å². The molecule has 1 aliphatic rings. The van der Waals surface area contributed by atoms with Crippen molar-refractivity contribution in [1.29, 1.82) is 0 Å². The summed E-state index contributed by atoms with van der Waals surface area (Å²) >= 11 is 0. The van der Waals surface area contributed by atoms with Crippen molar-refractivity contribution < 1.29 is 9.59 Å². The first-order valence-corrected chi connectivity index (χ1v) is 5.31. The van der Waals surface area contributed by atoms with Gasteiger partial charge in [0, 0.05) is 18.1 Å². The summed E-state index contributed by atoms with van der Waals surface area (Å²) in [5.41, 5.74) is 1.77. The normalized spacial score (nSPS) is 13.7. The number of rotatable bonds is 1. The molecule has 2 amide bonds. The van der Waals surface area contributed by atoms with E-state index < -0.39 is 0 Å². The van der Waals surface area contributed by atoms with Crippen LogP contribution in [0.5, 0.6) is 0 Å². The monoisotopic (exact) mass is 226 g/mol. The van der Waals surface area contributed by atoms with Gasteiger partial charge in [-0.1, -0.05) is 24.3 Å². The Labute approximate surface area is 97.6 Å². The van der Waals surface area contributed by atoms with E-state index in [1.807, 2.05) is 24.3 Å².